The Kier molecular flexibility index (Phi) is 5.30. The number of aromatic nitrogens is 1. The van der Waals surface area contributed by atoms with Gasteiger partial charge in [0.05, 0.1) is 17.8 Å². The van der Waals surface area contributed by atoms with Gasteiger partial charge in [0, 0.05) is 12.0 Å². The number of fused-ring (bicyclic) bond motifs is 1. The number of rotatable bonds is 8. The summed E-state index contributed by atoms with van der Waals surface area (Å²) in [4.78, 5) is 14.2. The Labute approximate surface area is 155 Å². The third-order valence-electron chi connectivity index (χ3n) is 3.84. The topological polar surface area (TPSA) is 114 Å². The second-order valence-corrected chi connectivity index (χ2v) is 8.40. The Morgan fingerprint density at radius 3 is 2.88 bits per heavy atom. The summed E-state index contributed by atoms with van der Waals surface area (Å²) < 4.78 is 33.9. The molecule has 2 aromatic heterocycles. The monoisotopic (exact) mass is 393 g/mol. The first-order valence-electron chi connectivity index (χ1n) is 8.01. The first kappa shape index (κ1) is 18.4. The molecule has 9 heteroatoms. The maximum absolute atomic E-state index is 12.9. The van der Waals surface area contributed by atoms with Crippen LogP contribution in [0.5, 0.6) is 0 Å². The molecule has 0 aliphatic carbocycles. The number of aromatic amines is 1. The van der Waals surface area contributed by atoms with Gasteiger partial charge in [0.2, 0.25) is 0 Å². The number of H-pyrrole nitrogens is 1. The van der Waals surface area contributed by atoms with Gasteiger partial charge in [-0.3, -0.25) is 9.52 Å². The van der Waals surface area contributed by atoms with Crippen LogP contribution in [0.1, 0.15) is 23.0 Å². The molecule has 1 amide bonds. The number of carbonyl (C=O) groups is 1. The molecule has 0 saturated carbocycles. The van der Waals surface area contributed by atoms with E-state index in [4.69, 9.17) is 10.5 Å². The lowest BCUT2D eigenvalue weighted by Crippen LogP contribution is -2.14. The van der Waals surface area contributed by atoms with E-state index in [1.807, 2.05) is 6.92 Å². The van der Waals surface area contributed by atoms with Crippen molar-refractivity contribution in [1.29, 1.82) is 0 Å². The summed E-state index contributed by atoms with van der Waals surface area (Å²) >= 11 is 1.16. The van der Waals surface area contributed by atoms with Crippen LogP contribution < -0.4 is 10.5 Å². The number of nitrogens with one attached hydrogen (secondary N) is 2. The van der Waals surface area contributed by atoms with Crippen molar-refractivity contribution >= 4 is 43.9 Å². The molecule has 2 heterocycles. The number of amides is 1. The molecule has 1 aromatic carbocycles. The Hall–Kier alpha value is -2.36. The summed E-state index contributed by atoms with van der Waals surface area (Å²) in [6, 6.07) is 8.50. The lowest BCUT2D eigenvalue weighted by atomic mass is 10.2. The van der Waals surface area contributed by atoms with Gasteiger partial charge in [-0.1, -0.05) is 12.1 Å². The zero-order chi connectivity index (χ0) is 18.7. The van der Waals surface area contributed by atoms with Gasteiger partial charge in [-0.25, -0.2) is 8.42 Å². The van der Waals surface area contributed by atoms with Gasteiger partial charge >= 0.3 is 0 Å². The zero-order valence-corrected chi connectivity index (χ0v) is 15.7. The van der Waals surface area contributed by atoms with Gasteiger partial charge in [-0.15, -0.1) is 11.3 Å². The summed E-state index contributed by atoms with van der Waals surface area (Å²) in [6.07, 6.45) is 0.520. The highest BCUT2D eigenvalue weighted by molar-refractivity contribution is 7.94. The predicted octanol–water partition coefficient (Wildman–Crippen LogP) is 2.71. The molecule has 0 bridgehead atoms. The normalized spacial score (nSPS) is 11.7. The molecule has 0 fully saturated rings. The summed E-state index contributed by atoms with van der Waals surface area (Å²) in [5.41, 5.74) is 7.10. The quantitative estimate of drug-likeness (QED) is 0.510. The number of primary amides is 1. The number of ether oxygens (including phenoxy) is 1. The zero-order valence-electron chi connectivity index (χ0n) is 14.1. The Morgan fingerprint density at radius 1 is 1.35 bits per heavy atom. The fraction of sp³-hybridized carbons (Fsp3) is 0.235. The van der Waals surface area contributed by atoms with Crippen LogP contribution in [0.3, 0.4) is 0 Å². The summed E-state index contributed by atoms with van der Waals surface area (Å²) in [5, 5.41) is 2.44. The SMILES string of the molecule is CCOCCc1ccsc1S(=O)(=O)Nc1cccc2cc(C(N)=O)[nH]c12. The van der Waals surface area contributed by atoms with Crippen molar-refractivity contribution in [2.45, 2.75) is 17.6 Å². The maximum Gasteiger partial charge on any atom is 0.271 e. The van der Waals surface area contributed by atoms with E-state index >= 15 is 0 Å². The minimum absolute atomic E-state index is 0.222. The van der Waals surface area contributed by atoms with Crippen LogP contribution in [0.4, 0.5) is 5.69 Å². The Bertz CT molecular complexity index is 1040. The molecule has 0 unspecified atom stereocenters. The van der Waals surface area contributed by atoms with E-state index in [1.54, 1.807) is 35.7 Å². The number of thiophene rings is 1. The molecule has 7 nitrogen and oxygen atoms in total. The van der Waals surface area contributed by atoms with E-state index in [1.165, 1.54) is 0 Å². The Morgan fingerprint density at radius 2 is 2.15 bits per heavy atom. The number of sulfonamides is 1. The van der Waals surface area contributed by atoms with Crippen LogP contribution in [0.2, 0.25) is 0 Å². The average molecular weight is 393 g/mol. The van der Waals surface area contributed by atoms with Crippen LogP contribution in [0.25, 0.3) is 10.9 Å². The highest BCUT2D eigenvalue weighted by atomic mass is 32.2. The first-order chi connectivity index (χ1) is 12.4. The van der Waals surface area contributed by atoms with Crippen molar-refractivity contribution in [3.05, 3.63) is 47.0 Å². The van der Waals surface area contributed by atoms with Gasteiger partial charge < -0.3 is 15.5 Å². The molecular formula is C17H19N3O4S2. The molecule has 0 atom stereocenters. The third-order valence-corrected chi connectivity index (χ3v) is 6.77. The second kappa shape index (κ2) is 7.48. The minimum Gasteiger partial charge on any atom is -0.381 e. The Balaban J connectivity index is 1.92. The highest BCUT2D eigenvalue weighted by Crippen LogP contribution is 2.29. The largest absolute Gasteiger partial charge is 0.381 e. The predicted molar refractivity (Wildman–Crippen MR) is 102 cm³/mol. The van der Waals surface area contributed by atoms with E-state index in [0.717, 1.165) is 11.3 Å². The lowest BCUT2D eigenvalue weighted by molar-refractivity contribution is 0.0996. The van der Waals surface area contributed by atoms with Gasteiger partial charge in [-0.2, -0.15) is 0 Å². The molecule has 0 saturated heterocycles. The van der Waals surface area contributed by atoms with Crippen LogP contribution in [0.15, 0.2) is 39.9 Å². The molecule has 3 aromatic rings. The van der Waals surface area contributed by atoms with E-state index in [2.05, 4.69) is 9.71 Å². The number of carbonyl (C=O) groups excluding carboxylic acids is 1. The van der Waals surface area contributed by atoms with E-state index in [9.17, 15) is 13.2 Å². The number of hydrogen-bond acceptors (Lipinski definition) is 5. The van der Waals surface area contributed by atoms with Gasteiger partial charge in [0.1, 0.15) is 9.90 Å². The highest BCUT2D eigenvalue weighted by Gasteiger charge is 2.21. The molecular weight excluding hydrogens is 374 g/mol. The average Bonchev–Trinajstić information content (AvgIpc) is 3.22. The van der Waals surface area contributed by atoms with Gasteiger partial charge in [0.25, 0.3) is 15.9 Å². The van der Waals surface area contributed by atoms with Crippen molar-refractivity contribution in [3.63, 3.8) is 0 Å². The van der Waals surface area contributed by atoms with E-state index < -0.39 is 15.9 Å². The molecule has 0 spiro atoms. The fourth-order valence-corrected chi connectivity index (χ4v) is 5.18. The van der Waals surface area contributed by atoms with Crippen molar-refractivity contribution in [2.24, 2.45) is 5.73 Å². The minimum atomic E-state index is -3.76. The molecule has 0 aliphatic heterocycles. The van der Waals surface area contributed by atoms with E-state index in [-0.39, 0.29) is 9.90 Å². The number of para-hydroxylation sites is 1. The number of hydrogen-bond donors (Lipinski definition) is 3. The van der Waals surface area contributed by atoms with Crippen molar-refractivity contribution in [1.82, 2.24) is 4.98 Å². The molecule has 0 aliphatic rings. The second-order valence-electron chi connectivity index (χ2n) is 5.60. The number of benzene rings is 1. The summed E-state index contributed by atoms with van der Waals surface area (Å²) in [5.74, 6) is -0.605. The van der Waals surface area contributed by atoms with Crippen LogP contribution in [-0.4, -0.2) is 32.5 Å². The number of nitrogens with two attached hydrogens (primary N) is 1. The molecule has 4 N–H and O–H groups in total. The van der Waals surface area contributed by atoms with Crippen LogP contribution in [-0.2, 0) is 21.2 Å². The summed E-state index contributed by atoms with van der Waals surface area (Å²) in [7, 11) is -3.76. The van der Waals surface area contributed by atoms with E-state index in [0.29, 0.717) is 41.8 Å². The van der Waals surface area contributed by atoms with Crippen LogP contribution in [0, 0.1) is 0 Å². The lowest BCUT2D eigenvalue weighted by Gasteiger charge is -2.10. The molecule has 0 radical (unpaired) electrons. The fourth-order valence-electron chi connectivity index (χ4n) is 2.63. The first-order valence-corrected chi connectivity index (χ1v) is 10.4. The summed E-state index contributed by atoms with van der Waals surface area (Å²) in [6.45, 7) is 2.94. The van der Waals surface area contributed by atoms with Crippen molar-refractivity contribution in [2.75, 3.05) is 17.9 Å². The maximum atomic E-state index is 12.9. The molecule has 138 valence electrons. The molecule has 26 heavy (non-hydrogen) atoms. The smallest absolute Gasteiger partial charge is 0.271 e. The third kappa shape index (κ3) is 3.74. The standard InChI is InChI=1S/C17H19N3O4S2/c1-2-24-8-6-11-7-9-25-17(11)26(22,23)20-13-5-3-4-12-10-14(16(18)21)19-15(12)13/h3-5,7,9-10,19-20H,2,6,8H2,1H3,(H2,18,21). The van der Waals surface area contributed by atoms with Crippen LogP contribution >= 0.6 is 11.3 Å². The van der Waals surface area contributed by atoms with Gasteiger partial charge in [0.15, 0.2) is 0 Å². The van der Waals surface area contributed by atoms with Crippen molar-refractivity contribution in [3.8, 4) is 0 Å². The van der Waals surface area contributed by atoms with Gasteiger partial charge in [-0.05, 0) is 42.5 Å². The van der Waals surface area contributed by atoms with Crippen molar-refractivity contribution < 1.29 is 17.9 Å². The number of anilines is 1. The molecule has 3 rings (SSSR count).